The third-order valence-corrected chi connectivity index (χ3v) is 11.3. The second kappa shape index (κ2) is 10.9. The first-order valence-electron chi connectivity index (χ1n) is 13.5. The zero-order valence-electron chi connectivity index (χ0n) is 21.8. The zero-order chi connectivity index (χ0) is 26.2. The number of fused-ring (bicyclic) bond motifs is 1. The third-order valence-electron chi connectivity index (χ3n) is 8.34. The number of piperidine rings is 1. The summed E-state index contributed by atoms with van der Waals surface area (Å²) in [7, 11) is -3.66. The number of hydrogen-bond donors (Lipinski definition) is 0. The molecular weight excluding hydrogens is 506 g/mol. The minimum absolute atomic E-state index is 0.0247. The highest BCUT2D eigenvalue weighted by atomic mass is 32.2. The highest BCUT2D eigenvalue weighted by Gasteiger charge is 2.38. The third kappa shape index (κ3) is 5.22. The van der Waals surface area contributed by atoms with Crippen LogP contribution in [0.3, 0.4) is 0 Å². The van der Waals surface area contributed by atoms with Gasteiger partial charge in [-0.3, -0.25) is 9.59 Å². The summed E-state index contributed by atoms with van der Waals surface area (Å²) in [5.74, 6) is 0.00779. The Morgan fingerprint density at radius 2 is 1.76 bits per heavy atom. The molecule has 0 N–H and O–H groups in total. The Labute approximate surface area is 224 Å². The van der Waals surface area contributed by atoms with Gasteiger partial charge in [-0.25, -0.2) is 8.42 Å². The molecule has 2 amide bonds. The molecule has 1 aliphatic carbocycles. The van der Waals surface area contributed by atoms with E-state index in [1.165, 1.54) is 9.18 Å². The Kier molecular flexibility index (Phi) is 7.75. The molecule has 3 aliphatic rings. The molecule has 3 heterocycles. The molecule has 1 aromatic carbocycles. The summed E-state index contributed by atoms with van der Waals surface area (Å²) in [5.41, 5.74) is 1.72. The maximum Gasteiger partial charge on any atom is 0.243 e. The summed E-state index contributed by atoms with van der Waals surface area (Å²) in [5, 5.41) is 2.06. The topological polar surface area (TPSA) is 78.0 Å². The highest BCUT2D eigenvalue weighted by Crippen LogP contribution is 2.36. The number of nitrogens with zero attached hydrogens (tertiary/aromatic N) is 3. The van der Waals surface area contributed by atoms with E-state index >= 15 is 0 Å². The van der Waals surface area contributed by atoms with Crippen molar-refractivity contribution in [2.75, 3.05) is 24.5 Å². The average Bonchev–Trinajstić information content (AvgIpc) is 3.63. The van der Waals surface area contributed by atoms with Gasteiger partial charge in [0.2, 0.25) is 21.8 Å². The van der Waals surface area contributed by atoms with Crippen LogP contribution in [-0.2, 0) is 26.0 Å². The predicted octanol–water partition coefficient (Wildman–Crippen LogP) is 4.98. The summed E-state index contributed by atoms with van der Waals surface area (Å²) in [6, 6.07) is 9.59. The maximum atomic E-state index is 13.8. The first-order valence-corrected chi connectivity index (χ1v) is 15.9. The van der Waals surface area contributed by atoms with Gasteiger partial charge in [0.05, 0.1) is 10.9 Å². The largest absolute Gasteiger partial charge is 0.332 e. The van der Waals surface area contributed by atoms with Crippen LogP contribution in [-0.4, -0.2) is 55.1 Å². The van der Waals surface area contributed by atoms with Crippen LogP contribution in [0.2, 0.25) is 0 Å². The van der Waals surface area contributed by atoms with Crippen LogP contribution >= 0.6 is 11.3 Å². The number of hydrogen-bond acceptors (Lipinski definition) is 5. The summed E-state index contributed by atoms with van der Waals surface area (Å²) >= 11 is 1.69. The molecule has 7 nitrogen and oxygen atoms in total. The fraction of sp³-hybridized carbons (Fsp3) is 0.571. The Hall–Kier alpha value is -2.23. The lowest BCUT2D eigenvalue weighted by Gasteiger charge is -2.39. The molecule has 37 heavy (non-hydrogen) atoms. The molecule has 1 unspecified atom stereocenters. The van der Waals surface area contributed by atoms with Crippen molar-refractivity contribution in [2.45, 2.75) is 82.2 Å². The Bertz CT molecular complexity index is 1230. The van der Waals surface area contributed by atoms with Crippen molar-refractivity contribution in [1.82, 2.24) is 9.21 Å². The van der Waals surface area contributed by atoms with Crippen LogP contribution in [0.15, 0.2) is 40.6 Å². The van der Waals surface area contributed by atoms with E-state index in [0.717, 1.165) is 49.8 Å². The first-order chi connectivity index (χ1) is 17.8. The van der Waals surface area contributed by atoms with Gasteiger partial charge in [-0.05, 0) is 80.7 Å². The van der Waals surface area contributed by atoms with E-state index in [9.17, 15) is 18.0 Å². The van der Waals surface area contributed by atoms with Crippen LogP contribution in [0.25, 0.3) is 0 Å². The number of aryl methyl sites for hydroxylation is 1. The normalized spacial score (nSPS) is 20.5. The number of carbonyl (C=O) groups excluding carboxylic acids is 2. The average molecular weight is 544 g/mol. The summed E-state index contributed by atoms with van der Waals surface area (Å²) in [6.07, 6.45) is 7.09. The van der Waals surface area contributed by atoms with Crippen LogP contribution in [0.4, 0.5) is 5.69 Å². The number of rotatable bonds is 6. The quantitative estimate of drug-likeness (QED) is 0.515. The van der Waals surface area contributed by atoms with E-state index in [-0.39, 0.29) is 34.7 Å². The van der Waals surface area contributed by atoms with Crippen molar-refractivity contribution in [1.29, 1.82) is 0 Å². The summed E-state index contributed by atoms with van der Waals surface area (Å²) in [6.45, 7) is 5.03. The molecule has 2 aromatic rings. The molecule has 1 atom stereocenters. The van der Waals surface area contributed by atoms with Crippen molar-refractivity contribution in [3.63, 3.8) is 0 Å². The molecule has 200 valence electrons. The van der Waals surface area contributed by atoms with E-state index in [0.29, 0.717) is 32.5 Å². The molecule has 1 aromatic heterocycles. The second-order valence-corrected chi connectivity index (χ2v) is 13.5. The number of thiophene rings is 1. The fourth-order valence-electron chi connectivity index (χ4n) is 6.30. The smallest absolute Gasteiger partial charge is 0.243 e. The minimum Gasteiger partial charge on any atom is -0.332 e. The summed E-state index contributed by atoms with van der Waals surface area (Å²) in [4.78, 5) is 31.1. The maximum absolute atomic E-state index is 13.8. The molecule has 9 heteroatoms. The van der Waals surface area contributed by atoms with Crippen LogP contribution < -0.4 is 4.90 Å². The first kappa shape index (κ1) is 26.4. The Morgan fingerprint density at radius 3 is 2.41 bits per heavy atom. The molecule has 2 aliphatic heterocycles. The highest BCUT2D eigenvalue weighted by molar-refractivity contribution is 7.89. The molecule has 5 rings (SSSR count). The van der Waals surface area contributed by atoms with E-state index in [1.807, 2.05) is 6.07 Å². The van der Waals surface area contributed by atoms with Crippen LogP contribution in [0, 0.1) is 5.92 Å². The van der Waals surface area contributed by atoms with Gasteiger partial charge in [0.15, 0.2) is 0 Å². The van der Waals surface area contributed by atoms with Gasteiger partial charge in [0.1, 0.15) is 0 Å². The van der Waals surface area contributed by atoms with Gasteiger partial charge >= 0.3 is 0 Å². The lowest BCUT2D eigenvalue weighted by molar-refractivity contribution is -0.141. The van der Waals surface area contributed by atoms with Crippen molar-refractivity contribution in [3.8, 4) is 0 Å². The SMILES string of the molecule is CC(=O)N1CCCc2cc(S(=O)(=O)N3CCC(C(=O)N(C4CCCC4)C(C)c4cccs4)CC3)ccc21. The summed E-state index contributed by atoms with van der Waals surface area (Å²) < 4.78 is 28.6. The van der Waals surface area contributed by atoms with Gasteiger partial charge in [-0.2, -0.15) is 4.31 Å². The molecule has 1 saturated carbocycles. The predicted molar refractivity (Wildman–Crippen MR) is 146 cm³/mol. The number of benzene rings is 1. The van der Waals surface area contributed by atoms with Crippen molar-refractivity contribution in [2.24, 2.45) is 5.92 Å². The number of amides is 2. The molecule has 2 fully saturated rings. The fourth-order valence-corrected chi connectivity index (χ4v) is 8.60. The van der Waals surface area contributed by atoms with Crippen molar-refractivity contribution < 1.29 is 18.0 Å². The lowest BCUT2D eigenvalue weighted by atomic mass is 9.94. The molecule has 0 radical (unpaired) electrons. The Balaban J connectivity index is 1.29. The molecule has 0 bridgehead atoms. The number of carbonyl (C=O) groups is 2. The van der Waals surface area contributed by atoms with Gasteiger partial charge in [-0.15, -0.1) is 11.3 Å². The van der Waals surface area contributed by atoms with Crippen LogP contribution in [0.1, 0.15) is 75.3 Å². The van der Waals surface area contributed by atoms with Gasteiger partial charge in [-0.1, -0.05) is 18.9 Å². The second-order valence-electron chi connectivity index (χ2n) is 10.6. The lowest BCUT2D eigenvalue weighted by Crippen LogP contribution is -2.47. The Morgan fingerprint density at radius 1 is 1.03 bits per heavy atom. The minimum atomic E-state index is -3.66. The monoisotopic (exact) mass is 543 g/mol. The van der Waals surface area contributed by atoms with Gasteiger partial charge in [0.25, 0.3) is 0 Å². The number of anilines is 1. The van der Waals surface area contributed by atoms with Gasteiger partial charge < -0.3 is 9.80 Å². The molecular formula is C28H37N3O4S2. The molecule has 1 saturated heterocycles. The molecule has 0 spiro atoms. The number of sulfonamides is 1. The van der Waals surface area contributed by atoms with E-state index < -0.39 is 10.0 Å². The zero-order valence-corrected chi connectivity index (χ0v) is 23.4. The van der Waals surface area contributed by atoms with E-state index in [1.54, 1.807) is 41.4 Å². The van der Waals surface area contributed by atoms with E-state index in [4.69, 9.17) is 0 Å². The van der Waals surface area contributed by atoms with Crippen molar-refractivity contribution in [3.05, 3.63) is 46.2 Å². The van der Waals surface area contributed by atoms with Gasteiger partial charge in [0, 0.05) is 49.1 Å². The standard InChI is InChI=1S/C28H37N3O4S2/c1-20(27-10-6-18-36-27)31(24-8-3-4-9-24)28(33)22-13-16-29(17-14-22)37(34,35)25-11-12-26-23(19-25)7-5-15-30(26)21(2)32/h6,10-12,18-20,22,24H,3-5,7-9,13-17H2,1-2H3. The van der Waals surface area contributed by atoms with Crippen LogP contribution in [0.5, 0.6) is 0 Å². The van der Waals surface area contributed by atoms with Crippen molar-refractivity contribution >= 4 is 38.9 Å². The van der Waals surface area contributed by atoms with E-state index in [2.05, 4.69) is 23.3 Å².